The molecule has 1 amide bonds. The van der Waals surface area contributed by atoms with Crippen LogP contribution in [0.4, 0.5) is 5.69 Å². The molecule has 8 heteroatoms. The molecular weight excluding hydrogens is 412 g/mol. The Morgan fingerprint density at radius 1 is 1.00 bits per heavy atom. The molecule has 0 bridgehead atoms. The number of carbonyl (C=O) groups is 1. The van der Waals surface area contributed by atoms with Crippen LogP contribution in [0.15, 0.2) is 53.7 Å². The predicted molar refractivity (Wildman–Crippen MR) is 121 cm³/mol. The highest BCUT2D eigenvalue weighted by molar-refractivity contribution is 7.89. The summed E-state index contributed by atoms with van der Waals surface area (Å²) >= 11 is 0. The molecule has 0 unspecified atom stereocenters. The number of carbonyl (C=O) groups excluding carboxylic acids is 1. The lowest BCUT2D eigenvalue weighted by Gasteiger charge is -2.33. The highest BCUT2D eigenvalue weighted by Crippen LogP contribution is 2.23. The van der Waals surface area contributed by atoms with Crippen molar-refractivity contribution in [1.82, 2.24) is 14.6 Å². The lowest BCUT2D eigenvalue weighted by Crippen LogP contribution is -2.38. The van der Waals surface area contributed by atoms with Gasteiger partial charge in [-0.1, -0.05) is 6.42 Å². The molecule has 3 heterocycles. The summed E-state index contributed by atoms with van der Waals surface area (Å²) in [4.78, 5) is 19.3. The normalized spacial score (nSPS) is 18.6. The average Bonchev–Trinajstić information content (AvgIpc) is 2.84. The first-order chi connectivity index (χ1) is 15.0. The number of anilines is 1. The quantitative estimate of drug-likeness (QED) is 0.744. The first-order valence-electron chi connectivity index (χ1n) is 11.1. The summed E-state index contributed by atoms with van der Waals surface area (Å²) in [5, 5.41) is 3.02. The second-order valence-corrected chi connectivity index (χ2v) is 10.3. The molecule has 0 aliphatic carbocycles. The molecule has 2 aliphatic heterocycles. The molecule has 0 radical (unpaired) electrons. The smallest absolute Gasteiger partial charge is 0.251 e. The Bertz CT molecular complexity index is 966. The predicted octanol–water partition coefficient (Wildman–Crippen LogP) is 2.90. The molecule has 2 fully saturated rings. The van der Waals surface area contributed by atoms with Gasteiger partial charge in [-0.15, -0.1) is 0 Å². The molecule has 2 aromatic rings. The van der Waals surface area contributed by atoms with Gasteiger partial charge in [0.25, 0.3) is 5.91 Å². The minimum atomic E-state index is -3.47. The highest BCUT2D eigenvalue weighted by Gasteiger charge is 2.26. The van der Waals surface area contributed by atoms with Gasteiger partial charge in [-0.3, -0.25) is 9.78 Å². The molecule has 0 saturated carbocycles. The van der Waals surface area contributed by atoms with Gasteiger partial charge in [-0.05, 0) is 68.0 Å². The van der Waals surface area contributed by atoms with Gasteiger partial charge in [0.15, 0.2) is 0 Å². The zero-order valence-electron chi connectivity index (χ0n) is 17.7. The number of amides is 1. The van der Waals surface area contributed by atoms with Gasteiger partial charge in [-0.2, -0.15) is 4.31 Å². The molecule has 2 saturated heterocycles. The van der Waals surface area contributed by atoms with Gasteiger partial charge in [-0.25, -0.2) is 8.42 Å². The molecule has 166 valence electrons. The Hall–Kier alpha value is -2.45. The van der Waals surface area contributed by atoms with Gasteiger partial charge in [0.05, 0.1) is 16.8 Å². The first-order valence-corrected chi connectivity index (χ1v) is 12.5. The second kappa shape index (κ2) is 9.78. The fraction of sp³-hybridized carbons (Fsp3) is 0.478. The monoisotopic (exact) mass is 442 g/mol. The third kappa shape index (κ3) is 5.25. The third-order valence-electron chi connectivity index (χ3n) is 6.25. The maximum atomic E-state index is 12.7. The maximum Gasteiger partial charge on any atom is 0.251 e. The summed E-state index contributed by atoms with van der Waals surface area (Å²) in [6.07, 6.45) is 8.58. The van der Waals surface area contributed by atoms with Crippen molar-refractivity contribution in [3.05, 3.63) is 54.4 Å². The van der Waals surface area contributed by atoms with E-state index in [-0.39, 0.29) is 10.8 Å². The van der Waals surface area contributed by atoms with Crippen LogP contribution < -0.4 is 10.2 Å². The van der Waals surface area contributed by atoms with E-state index in [9.17, 15) is 13.2 Å². The minimum absolute atomic E-state index is 0.156. The Labute approximate surface area is 184 Å². The van der Waals surface area contributed by atoms with Crippen molar-refractivity contribution in [2.75, 3.05) is 37.6 Å². The third-order valence-corrected chi connectivity index (χ3v) is 8.16. The number of hydrogen-bond donors (Lipinski definition) is 1. The van der Waals surface area contributed by atoms with E-state index in [1.165, 1.54) is 0 Å². The topological polar surface area (TPSA) is 82.6 Å². The van der Waals surface area contributed by atoms with Crippen molar-refractivity contribution < 1.29 is 13.2 Å². The SMILES string of the molecule is O=C(NCC1CCN(c2cccnc2)CC1)c1ccc(S(=O)(=O)N2CCCCC2)cc1. The van der Waals surface area contributed by atoms with Crippen LogP contribution >= 0.6 is 0 Å². The van der Waals surface area contributed by atoms with E-state index in [1.807, 2.05) is 12.3 Å². The second-order valence-electron chi connectivity index (χ2n) is 8.34. The van der Waals surface area contributed by atoms with Crippen LogP contribution in [-0.4, -0.2) is 56.3 Å². The van der Waals surface area contributed by atoms with Crippen LogP contribution in [0.3, 0.4) is 0 Å². The van der Waals surface area contributed by atoms with Crippen LogP contribution in [-0.2, 0) is 10.0 Å². The van der Waals surface area contributed by atoms with E-state index in [0.29, 0.717) is 31.1 Å². The summed E-state index contributed by atoms with van der Waals surface area (Å²) in [7, 11) is -3.47. The fourth-order valence-electron chi connectivity index (χ4n) is 4.31. The summed E-state index contributed by atoms with van der Waals surface area (Å²) in [6, 6.07) is 10.3. The number of nitrogens with one attached hydrogen (secondary N) is 1. The Balaban J connectivity index is 1.27. The zero-order valence-corrected chi connectivity index (χ0v) is 18.6. The molecule has 1 N–H and O–H groups in total. The number of aromatic nitrogens is 1. The number of piperidine rings is 2. The molecule has 0 spiro atoms. The van der Waals surface area contributed by atoms with Gasteiger partial charge < -0.3 is 10.2 Å². The minimum Gasteiger partial charge on any atom is -0.370 e. The molecular formula is C23H30N4O3S. The van der Waals surface area contributed by atoms with Crippen LogP contribution in [0.5, 0.6) is 0 Å². The molecule has 31 heavy (non-hydrogen) atoms. The highest BCUT2D eigenvalue weighted by atomic mass is 32.2. The lowest BCUT2D eigenvalue weighted by molar-refractivity contribution is 0.0945. The van der Waals surface area contributed by atoms with Crippen LogP contribution in [0.2, 0.25) is 0 Å². The molecule has 2 aliphatic rings. The maximum absolute atomic E-state index is 12.7. The van der Waals surface area contributed by atoms with Crippen molar-refractivity contribution in [3.63, 3.8) is 0 Å². The van der Waals surface area contributed by atoms with E-state index in [2.05, 4.69) is 21.3 Å². The van der Waals surface area contributed by atoms with Crippen LogP contribution in [0, 0.1) is 5.92 Å². The average molecular weight is 443 g/mol. The van der Waals surface area contributed by atoms with Crippen molar-refractivity contribution >= 4 is 21.6 Å². The lowest BCUT2D eigenvalue weighted by atomic mass is 9.96. The van der Waals surface area contributed by atoms with Gasteiger partial charge >= 0.3 is 0 Å². The van der Waals surface area contributed by atoms with E-state index in [4.69, 9.17) is 0 Å². The molecule has 7 nitrogen and oxygen atoms in total. The van der Waals surface area contributed by atoms with E-state index in [1.54, 1.807) is 34.8 Å². The number of benzene rings is 1. The number of rotatable bonds is 6. The Morgan fingerprint density at radius 2 is 1.71 bits per heavy atom. The molecule has 4 rings (SSSR count). The summed E-state index contributed by atoms with van der Waals surface area (Å²) in [6.45, 7) is 3.69. The molecule has 1 aromatic heterocycles. The number of pyridine rings is 1. The van der Waals surface area contributed by atoms with Crippen molar-refractivity contribution in [3.8, 4) is 0 Å². The Kier molecular flexibility index (Phi) is 6.87. The van der Waals surface area contributed by atoms with Gasteiger partial charge in [0.2, 0.25) is 10.0 Å². The molecule has 0 atom stereocenters. The number of nitrogens with zero attached hydrogens (tertiary/aromatic N) is 3. The Morgan fingerprint density at radius 3 is 2.35 bits per heavy atom. The van der Waals surface area contributed by atoms with Crippen LogP contribution in [0.1, 0.15) is 42.5 Å². The summed E-state index contributed by atoms with van der Waals surface area (Å²) in [5.41, 5.74) is 1.63. The fourth-order valence-corrected chi connectivity index (χ4v) is 5.82. The van der Waals surface area contributed by atoms with Gasteiger partial charge in [0, 0.05) is 44.5 Å². The van der Waals surface area contributed by atoms with Crippen molar-refractivity contribution in [2.45, 2.75) is 37.0 Å². The van der Waals surface area contributed by atoms with Crippen LogP contribution in [0.25, 0.3) is 0 Å². The van der Waals surface area contributed by atoms with E-state index >= 15 is 0 Å². The molecule has 1 aromatic carbocycles. The number of sulfonamides is 1. The standard InChI is InChI=1S/C23H30N4O3S/c28-23(25-17-19-10-15-26(16-11-19)21-5-4-12-24-18-21)20-6-8-22(9-7-20)31(29,30)27-13-2-1-3-14-27/h4-9,12,18-19H,1-3,10-11,13-17H2,(H,25,28). The summed E-state index contributed by atoms with van der Waals surface area (Å²) in [5.74, 6) is 0.284. The van der Waals surface area contributed by atoms with E-state index in [0.717, 1.165) is 50.9 Å². The van der Waals surface area contributed by atoms with E-state index < -0.39 is 10.0 Å². The summed E-state index contributed by atoms with van der Waals surface area (Å²) < 4.78 is 27.0. The van der Waals surface area contributed by atoms with Gasteiger partial charge in [0.1, 0.15) is 0 Å². The first kappa shape index (κ1) is 21.8. The zero-order chi connectivity index (χ0) is 21.7. The largest absolute Gasteiger partial charge is 0.370 e. The van der Waals surface area contributed by atoms with Crippen molar-refractivity contribution in [1.29, 1.82) is 0 Å². The number of hydrogen-bond acceptors (Lipinski definition) is 5. The van der Waals surface area contributed by atoms with Crippen molar-refractivity contribution in [2.24, 2.45) is 5.92 Å².